The topological polar surface area (TPSA) is 61.7 Å². The van der Waals surface area contributed by atoms with Gasteiger partial charge in [0.25, 0.3) is 0 Å². The Morgan fingerprint density at radius 1 is 1.50 bits per heavy atom. The van der Waals surface area contributed by atoms with Crippen LogP contribution in [0.4, 0.5) is 0 Å². The van der Waals surface area contributed by atoms with Crippen LogP contribution in [-0.4, -0.2) is 29.5 Å². The molecule has 1 atom stereocenters. The van der Waals surface area contributed by atoms with Crippen LogP contribution >= 0.6 is 0 Å². The number of hydrogen-bond donors (Lipinski definition) is 2. The number of nitrogens with one attached hydrogen (secondary N) is 1. The van der Waals surface area contributed by atoms with Crippen LogP contribution < -0.4 is 5.32 Å². The lowest BCUT2D eigenvalue weighted by atomic mass is 9.96. The first-order chi connectivity index (χ1) is 6.70. The molecule has 0 radical (unpaired) electrons. The summed E-state index contributed by atoms with van der Waals surface area (Å²) in [6.45, 7) is 1.61. The highest BCUT2D eigenvalue weighted by molar-refractivity contribution is 5.76. The number of nitrogens with zero attached hydrogens (tertiary/aromatic N) is 1. The fraction of sp³-hybridized carbons (Fsp3) is 0.800. The van der Waals surface area contributed by atoms with E-state index in [1.54, 1.807) is 13.3 Å². The van der Waals surface area contributed by atoms with E-state index in [0.717, 1.165) is 12.8 Å². The summed E-state index contributed by atoms with van der Waals surface area (Å²) in [6, 6.07) is -0.153. The minimum Gasteiger partial charge on any atom is -0.480 e. The van der Waals surface area contributed by atoms with Crippen molar-refractivity contribution in [2.75, 3.05) is 0 Å². The van der Waals surface area contributed by atoms with E-state index in [4.69, 9.17) is 5.11 Å². The van der Waals surface area contributed by atoms with E-state index >= 15 is 0 Å². The number of carbonyl (C=O) groups is 1. The first-order valence-electron chi connectivity index (χ1n) is 5.20. The van der Waals surface area contributed by atoms with Crippen molar-refractivity contribution in [2.24, 2.45) is 4.99 Å². The molecule has 0 amide bonds. The Morgan fingerprint density at radius 2 is 2.14 bits per heavy atom. The van der Waals surface area contributed by atoms with E-state index in [9.17, 15) is 4.79 Å². The molecular formula is C10H18N2O2. The van der Waals surface area contributed by atoms with E-state index in [0.29, 0.717) is 6.04 Å². The highest BCUT2D eigenvalue weighted by Crippen LogP contribution is 2.19. The number of rotatable bonds is 4. The largest absolute Gasteiger partial charge is 0.480 e. The normalized spacial score (nSPS) is 20.9. The molecule has 0 spiro atoms. The molecule has 2 N–H and O–H groups in total. The second-order valence-electron chi connectivity index (χ2n) is 3.80. The predicted octanol–water partition coefficient (Wildman–Crippen LogP) is 1.41. The Morgan fingerprint density at radius 3 is 2.71 bits per heavy atom. The van der Waals surface area contributed by atoms with Crippen LogP contribution in [0.5, 0.6) is 0 Å². The summed E-state index contributed by atoms with van der Waals surface area (Å²) >= 11 is 0. The lowest BCUT2D eigenvalue weighted by Crippen LogP contribution is -2.33. The van der Waals surface area contributed by atoms with Crippen LogP contribution in [0.2, 0.25) is 0 Å². The van der Waals surface area contributed by atoms with Gasteiger partial charge in [-0.25, -0.2) is 0 Å². The van der Waals surface area contributed by atoms with E-state index in [-0.39, 0.29) is 0 Å². The van der Waals surface area contributed by atoms with Crippen LogP contribution in [0.3, 0.4) is 0 Å². The number of aliphatic carboxylic acids is 1. The van der Waals surface area contributed by atoms with Crippen molar-refractivity contribution in [1.29, 1.82) is 0 Å². The van der Waals surface area contributed by atoms with Gasteiger partial charge in [-0.05, 0) is 19.8 Å². The molecule has 1 unspecified atom stereocenters. The van der Waals surface area contributed by atoms with Crippen molar-refractivity contribution >= 4 is 12.3 Å². The Bertz CT molecular complexity index is 210. The molecule has 1 aliphatic carbocycles. The fourth-order valence-electron chi connectivity index (χ4n) is 1.56. The molecule has 4 heteroatoms. The van der Waals surface area contributed by atoms with Gasteiger partial charge in [-0.2, -0.15) is 0 Å². The highest BCUT2D eigenvalue weighted by Gasteiger charge is 2.11. The average molecular weight is 198 g/mol. The molecule has 0 aromatic rings. The molecule has 0 aliphatic heterocycles. The van der Waals surface area contributed by atoms with Gasteiger partial charge in [0.05, 0.1) is 12.4 Å². The van der Waals surface area contributed by atoms with Gasteiger partial charge in [0.1, 0.15) is 6.04 Å². The zero-order valence-electron chi connectivity index (χ0n) is 8.57. The van der Waals surface area contributed by atoms with Crippen LogP contribution in [0.15, 0.2) is 4.99 Å². The lowest BCUT2D eigenvalue weighted by molar-refractivity contribution is -0.138. The van der Waals surface area contributed by atoms with Gasteiger partial charge >= 0.3 is 5.97 Å². The first-order valence-corrected chi connectivity index (χ1v) is 5.20. The second kappa shape index (κ2) is 5.62. The van der Waals surface area contributed by atoms with Crippen molar-refractivity contribution in [3.8, 4) is 0 Å². The van der Waals surface area contributed by atoms with E-state index < -0.39 is 12.0 Å². The van der Waals surface area contributed by atoms with Gasteiger partial charge in [0.2, 0.25) is 0 Å². The SMILES string of the molecule is CC(NC=NC1CCCCC1)C(=O)O. The van der Waals surface area contributed by atoms with Gasteiger partial charge in [0, 0.05) is 0 Å². The maximum atomic E-state index is 10.5. The Kier molecular flexibility index (Phi) is 4.43. The third-order valence-corrected chi connectivity index (χ3v) is 2.56. The molecule has 0 bridgehead atoms. The maximum Gasteiger partial charge on any atom is 0.325 e. The maximum absolute atomic E-state index is 10.5. The molecule has 1 aliphatic rings. The minimum absolute atomic E-state index is 0.400. The molecule has 14 heavy (non-hydrogen) atoms. The van der Waals surface area contributed by atoms with Crippen LogP contribution in [0.1, 0.15) is 39.0 Å². The third-order valence-electron chi connectivity index (χ3n) is 2.56. The average Bonchev–Trinajstić information content (AvgIpc) is 2.19. The molecule has 4 nitrogen and oxygen atoms in total. The molecule has 1 fully saturated rings. The zero-order chi connectivity index (χ0) is 10.4. The molecular weight excluding hydrogens is 180 g/mol. The standard InChI is InChI=1S/C10H18N2O2/c1-8(10(13)14)11-7-12-9-5-3-2-4-6-9/h7-9H,2-6H2,1H3,(H,11,12)(H,13,14). The van der Waals surface area contributed by atoms with E-state index in [2.05, 4.69) is 10.3 Å². The van der Waals surface area contributed by atoms with Crippen molar-refractivity contribution in [2.45, 2.75) is 51.1 Å². The van der Waals surface area contributed by atoms with E-state index in [1.807, 2.05) is 0 Å². The fourth-order valence-corrected chi connectivity index (χ4v) is 1.56. The lowest BCUT2D eigenvalue weighted by Gasteiger charge is -2.17. The molecule has 0 saturated heterocycles. The number of carboxylic acid groups (broad SMARTS) is 1. The number of carboxylic acids is 1. The van der Waals surface area contributed by atoms with Gasteiger partial charge in [-0.15, -0.1) is 0 Å². The summed E-state index contributed by atoms with van der Waals surface area (Å²) in [5.74, 6) is -0.847. The van der Waals surface area contributed by atoms with Gasteiger partial charge in [0.15, 0.2) is 0 Å². The molecule has 80 valence electrons. The Balaban J connectivity index is 2.21. The highest BCUT2D eigenvalue weighted by atomic mass is 16.4. The van der Waals surface area contributed by atoms with Crippen molar-refractivity contribution in [1.82, 2.24) is 5.32 Å². The van der Waals surface area contributed by atoms with Crippen LogP contribution in [0.25, 0.3) is 0 Å². The molecule has 1 saturated carbocycles. The van der Waals surface area contributed by atoms with Crippen LogP contribution in [-0.2, 0) is 4.79 Å². The summed E-state index contributed by atoms with van der Waals surface area (Å²) in [7, 11) is 0. The van der Waals surface area contributed by atoms with Gasteiger partial charge < -0.3 is 10.4 Å². The quantitative estimate of drug-likeness (QED) is 0.530. The zero-order valence-corrected chi connectivity index (χ0v) is 8.57. The Labute approximate surface area is 84.4 Å². The smallest absolute Gasteiger partial charge is 0.325 e. The summed E-state index contributed by atoms with van der Waals surface area (Å²) in [5.41, 5.74) is 0. The third kappa shape index (κ3) is 3.77. The Hall–Kier alpha value is -1.06. The van der Waals surface area contributed by atoms with Crippen LogP contribution in [0, 0.1) is 0 Å². The second-order valence-corrected chi connectivity index (χ2v) is 3.80. The molecule has 0 heterocycles. The number of aliphatic imine (C=N–C) groups is 1. The molecule has 1 rings (SSSR count). The monoisotopic (exact) mass is 198 g/mol. The first kappa shape index (κ1) is 11.0. The molecule has 0 aromatic carbocycles. The van der Waals surface area contributed by atoms with Crippen molar-refractivity contribution < 1.29 is 9.90 Å². The van der Waals surface area contributed by atoms with E-state index in [1.165, 1.54) is 19.3 Å². The summed E-state index contributed by atoms with van der Waals surface area (Å²) in [6.07, 6.45) is 7.63. The number of hydrogen-bond acceptors (Lipinski definition) is 2. The summed E-state index contributed by atoms with van der Waals surface area (Å²) in [4.78, 5) is 14.8. The van der Waals surface area contributed by atoms with Crippen molar-refractivity contribution in [3.63, 3.8) is 0 Å². The minimum atomic E-state index is -0.847. The van der Waals surface area contributed by atoms with Gasteiger partial charge in [-0.1, -0.05) is 19.3 Å². The van der Waals surface area contributed by atoms with Crippen molar-refractivity contribution in [3.05, 3.63) is 0 Å². The van der Waals surface area contributed by atoms with Gasteiger partial charge in [-0.3, -0.25) is 9.79 Å². The summed E-state index contributed by atoms with van der Waals surface area (Å²) < 4.78 is 0. The predicted molar refractivity (Wildman–Crippen MR) is 55.6 cm³/mol. The molecule has 0 aromatic heterocycles. The summed E-state index contributed by atoms with van der Waals surface area (Å²) in [5, 5.41) is 11.3.